The lowest BCUT2D eigenvalue weighted by atomic mass is 9.95. The minimum absolute atomic E-state index is 0.0517. The van der Waals surface area contributed by atoms with Crippen LogP contribution in [0.2, 0.25) is 0 Å². The van der Waals surface area contributed by atoms with Crippen molar-refractivity contribution in [1.29, 1.82) is 0 Å². The van der Waals surface area contributed by atoms with Gasteiger partial charge in [-0.15, -0.1) is 0 Å². The zero-order chi connectivity index (χ0) is 18.0. The Labute approximate surface area is 140 Å². The van der Waals surface area contributed by atoms with Crippen molar-refractivity contribution >= 4 is 5.97 Å². The largest absolute Gasteiger partial charge is 0.507 e. The highest BCUT2D eigenvalue weighted by molar-refractivity contribution is 5.70. The third-order valence-corrected chi connectivity index (χ3v) is 3.93. The Hall–Kier alpha value is -2.40. The molecule has 0 heterocycles. The Morgan fingerprint density at radius 1 is 1.17 bits per heavy atom. The van der Waals surface area contributed by atoms with E-state index in [-0.39, 0.29) is 16.9 Å². The van der Waals surface area contributed by atoms with E-state index < -0.39 is 23.6 Å². The van der Waals surface area contributed by atoms with Crippen molar-refractivity contribution in [2.75, 3.05) is 0 Å². The monoisotopic (exact) mass is 332 g/mol. The molecule has 2 rings (SSSR count). The van der Waals surface area contributed by atoms with Crippen molar-refractivity contribution in [3.8, 4) is 11.5 Å². The van der Waals surface area contributed by atoms with E-state index in [9.17, 15) is 19.4 Å². The van der Waals surface area contributed by atoms with Crippen LogP contribution in [0.3, 0.4) is 0 Å². The van der Waals surface area contributed by atoms with Gasteiger partial charge in [0.1, 0.15) is 23.4 Å². The van der Waals surface area contributed by atoms with Crippen LogP contribution < -0.4 is 4.74 Å². The molecule has 0 aromatic heterocycles. The quantitative estimate of drug-likeness (QED) is 0.657. The molecule has 0 saturated heterocycles. The molecule has 0 bridgehead atoms. The van der Waals surface area contributed by atoms with Crippen LogP contribution in [0.1, 0.15) is 55.0 Å². The molecule has 4 nitrogen and oxygen atoms in total. The standard InChI is InChI=1S/C19H21FO4/c1-10(2)13-5-7-14(8-6-13)19(23)17-15(22)9-16(24-12(4)21)11(3)18(17)20/h5-10,19,22-23H,1-4H3. The molecule has 1 unspecified atom stereocenters. The maximum absolute atomic E-state index is 14.6. The summed E-state index contributed by atoms with van der Waals surface area (Å²) in [5.74, 6) is -1.61. The highest BCUT2D eigenvalue weighted by Gasteiger charge is 2.24. The highest BCUT2D eigenvalue weighted by atomic mass is 19.1. The number of aliphatic hydroxyl groups is 1. The zero-order valence-corrected chi connectivity index (χ0v) is 14.1. The first-order valence-corrected chi connectivity index (χ1v) is 7.70. The SMILES string of the molecule is CC(=O)Oc1cc(O)c(C(O)c2ccc(C(C)C)cc2)c(F)c1C. The van der Waals surface area contributed by atoms with Gasteiger partial charge in [0.25, 0.3) is 0 Å². The fraction of sp³-hybridized carbons (Fsp3) is 0.316. The van der Waals surface area contributed by atoms with Crippen LogP contribution in [-0.2, 0) is 4.79 Å². The molecule has 24 heavy (non-hydrogen) atoms. The molecule has 0 aliphatic heterocycles. The number of benzene rings is 2. The van der Waals surface area contributed by atoms with Gasteiger partial charge >= 0.3 is 5.97 Å². The van der Waals surface area contributed by atoms with E-state index >= 15 is 0 Å². The third kappa shape index (κ3) is 3.57. The van der Waals surface area contributed by atoms with Crippen LogP contribution in [0.4, 0.5) is 4.39 Å². The Bertz CT molecular complexity index is 751. The van der Waals surface area contributed by atoms with Gasteiger partial charge in [-0.05, 0) is 24.0 Å². The normalized spacial score (nSPS) is 12.3. The van der Waals surface area contributed by atoms with Crippen LogP contribution in [0.5, 0.6) is 11.5 Å². The fourth-order valence-electron chi connectivity index (χ4n) is 2.48. The summed E-state index contributed by atoms with van der Waals surface area (Å²) in [5, 5.41) is 20.6. The first kappa shape index (κ1) is 17.9. The number of ether oxygens (including phenoxy) is 1. The van der Waals surface area contributed by atoms with Gasteiger partial charge in [0, 0.05) is 18.6 Å². The maximum atomic E-state index is 14.6. The van der Waals surface area contributed by atoms with Gasteiger partial charge in [0.15, 0.2) is 0 Å². The van der Waals surface area contributed by atoms with Gasteiger partial charge in [-0.1, -0.05) is 38.1 Å². The second-order valence-corrected chi connectivity index (χ2v) is 6.06. The van der Waals surface area contributed by atoms with Crippen molar-refractivity contribution in [1.82, 2.24) is 0 Å². The molecule has 0 saturated carbocycles. The first-order valence-electron chi connectivity index (χ1n) is 7.70. The molecule has 0 aliphatic rings. The van der Waals surface area contributed by atoms with Gasteiger partial charge in [-0.2, -0.15) is 0 Å². The smallest absolute Gasteiger partial charge is 0.308 e. The van der Waals surface area contributed by atoms with E-state index in [2.05, 4.69) is 0 Å². The average Bonchev–Trinajstić information content (AvgIpc) is 2.52. The molecule has 1 atom stereocenters. The lowest BCUT2D eigenvalue weighted by molar-refractivity contribution is -0.131. The minimum atomic E-state index is -1.32. The summed E-state index contributed by atoms with van der Waals surface area (Å²) in [6, 6.07) is 8.26. The predicted octanol–water partition coefficient (Wildman–Crippen LogP) is 3.97. The van der Waals surface area contributed by atoms with Crippen molar-refractivity contribution in [2.24, 2.45) is 0 Å². The van der Waals surface area contributed by atoms with Crippen molar-refractivity contribution < 1.29 is 24.1 Å². The van der Waals surface area contributed by atoms with E-state index in [4.69, 9.17) is 4.74 Å². The highest BCUT2D eigenvalue weighted by Crippen LogP contribution is 2.38. The number of halogens is 1. The number of carbonyl (C=O) groups excluding carboxylic acids is 1. The number of hydrogen-bond acceptors (Lipinski definition) is 4. The summed E-state index contributed by atoms with van der Waals surface area (Å²) in [5.41, 5.74) is 1.38. The number of hydrogen-bond donors (Lipinski definition) is 2. The minimum Gasteiger partial charge on any atom is -0.507 e. The Morgan fingerprint density at radius 3 is 2.21 bits per heavy atom. The maximum Gasteiger partial charge on any atom is 0.308 e. The van der Waals surface area contributed by atoms with Crippen LogP contribution in [0.25, 0.3) is 0 Å². The van der Waals surface area contributed by atoms with Crippen LogP contribution >= 0.6 is 0 Å². The van der Waals surface area contributed by atoms with Gasteiger partial charge in [0.05, 0.1) is 5.56 Å². The number of rotatable bonds is 4. The molecule has 0 radical (unpaired) electrons. The topological polar surface area (TPSA) is 66.8 Å². The number of aromatic hydroxyl groups is 1. The van der Waals surface area contributed by atoms with Crippen molar-refractivity contribution in [3.63, 3.8) is 0 Å². The molecule has 0 fully saturated rings. The molecule has 2 N–H and O–H groups in total. The lowest BCUT2D eigenvalue weighted by Gasteiger charge is -2.18. The predicted molar refractivity (Wildman–Crippen MR) is 88.7 cm³/mol. The molecule has 5 heteroatoms. The summed E-state index contributed by atoms with van der Waals surface area (Å²) in [7, 11) is 0. The summed E-state index contributed by atoms with van der Waals surface area (Å²) < 4.78 is 19.5. The second-order valence-electron chi connectivity index (χ2n) is 6.06. The number of phenols is 1. The van der Waals surface area contributed by atoms with Gasteiger partial charge < -0.3 is 14.9 Å². The van der Waals surface area contributed by atoms with Gasteiger partial charge in [-0.25, -0.2) is 4.39 Å². The Balaban J connectivity index is 2.44. The summed E-state index contributed by atoms with van der Waals surface area (Å²) in [6.07, 6.45) is -1.32. The van der Waals surface area contributed by atoms with Crippen LogP contribution in [-0.4, -0.2) is 16.2 Å². The second kappa shape index (κ2) is 7.01. The first-order chi connectivity index (χ1) is 11.2. The van der Waals surface area contributed by atoms with Gasteiger partial charge in [-0.3, -0.25) is 4.79 Å². The van der Waals surface area contributed by atoms with Crippen LogP contribution in [0, 0.1) is 12.7 Å². The number of phenolic OH excluding ortho intramolecular Hbond substituents is 1. The Morgan fingerprint density at radius 2 is 1.71 bits per heavy atom. The Kier molecular flexibility index (Phi) is 5.24. The molecule has 0 aliphatic carbocycles. The lowest BCUT2D eigenvalue weighted by Crippen LogP contribution is -2.08. The summed E-state index contributed by atoms with van der Waals surface area (Å²) in [4.78, 5) is 11.0. The molecule has 2 aromatic carbocycles. The molecule has 0 spiro atoms. The fourth-order valence-corrected chi connectivity index (χ4v) is 2.48. The van der Waals surface area contributed by atoms with E-state index in [1.54, 1.807) is 12.1 Å². The number of esters is 1. The number of carbonyl (C=O) groups is 1. The van der Waals surface area contributed by atoms with E-state index in [1.165, 1.54) is 13.8 Å². The van der Waals surface area contributed by atoms with Gasteiger partial charge in [0.2, 0.25) is 0 Å². The van der Waals surface area contributed by atoms with Crippen molar-refractivity contribution in [3.05, 3.63) is 58.4 Å². The van der Waals surface area contributed by atoms with Crippen molar-refractivity contribution in [2.45, 2.75) is 39.7 Å². The van der Waals surface area contributed by atoms with Crippen LogP contribution in [0.15, 0.2) is 30.3 Å². The summed E-state index contributed by atoms with van der Waals surface area (Å²) >= 11 is 0. The molecule has 0 amide bonds. The summed E-state index contributed by atoms with van der Waals surface area (Å²) in [6.45, 7) is 6.71. The molecular formula is C19H21FO4. The molecular weight excluding hydrogens is 311 g/mol. The number of aliphatic hydroxyl groups excluding tert-OH is 1. The zero-order valence-electron chi connectivity index (χ0n) is 14.1. The van der Waals surface area contributed by atoms with E-state index in [0.717, 1.165) is 11.6 Å². The molecule has 2 aromatic rings. The average molecular weight is 332 g/mol. The van der Waals surface area contributed by atoms with E-state index in [0.29, 0.717) is 11.5 Å². The third-order valence-electron chi connectivity index (χ3n) is 3.93. The molecule has 128 valence electrons. The van der Waals surface area contributed by atoms with E-state index in [1.807, 2.05) is 26.0 Å².